The van der Waals surface area contributed by atoms with Crippen molar-refractivity contribution in [3.8, 4) is 17.0 Å². The zero-order valence-corrected chi connectivity index (χ0v) is 19.6. The van der Waals surface area contributed by atoms with Crippen LogP contribution >= 0.6 is 15.9 Å². The summed E-state index contributed by atoms with van der Waals surface area (Å²) in [7, 11) is 1.60. The molecule has 4 N–H and O–H groups in total. The fourth-order valence-corrected chi connectivity index (χ4v) is 4.72. The van der Waals surface area contributed by atoms with Crippen LogP contribution in [0, 0.1) is 0 Å². The molecule has 168 valence electrons. The highest BCUT2D eigenvalue weighted by molar-refractivity contribution is 9.10. The molecular formula is C26H23BrN2O4. The Morgan fingerprint density at radius 3 is 2.48 bits per heavy atom. The van der Waals surface area contributed by atoms with E-state index >= 15 is 0 Å². The van der Waals surface area contributed by atoms with Gasteiger partial charge in [-0.15, -0.1) is 0 Å². The number of primary amides is 1. The van der Waals surface area contributed by atoms with Crippen molar-refractivity contribution in [1.29, 1.82) is 0 Å². The second-order valence-corrected chi connectivity index (χ2v) is 8.67. The minimum atomic E-state index is -0.849. The number of hydrogen-bond donors (Lipinski definition) is 3. The van der Waals surface area contributed by atoms with Crippen molar-refractivity contribution in [2.45, 2.75) is 19.3 Å². The lowest BCUT2D eigenvalue weighted by molar-refractivity contribution is -0.136. The van der Waals surface area contributed by atoms with Crippen molar-refractivity contribution in [2.24, 2.45) is 5.73 Å². The summed E-state index contributed by atoms with van der Waals surface area (Å²) < 4.78 is 6.46. The van der Waals surface area contributed by atoms with E-state index in [2.05, 4.69) is 33.0 Å². The highest BCUT2D eigenvalue weighted by Gasteiger charge is 2.20. The number of aromatic amines is 1. The third-order valence-electron chi connectivity index (χ3n) is 5.62. The number of carbonyl (C=O) groups is 2. The smallest absolute Gasteiger partial charge is 0.303 e. The standard InChI is InChI=1S/C26H23BrN2O4/c1-33-25-20(12-16(13-21(25)27)7-10-23(30)31)24-19(11-15-5-3-2-4-6-15)18-14-17(26(28)32)8-9-22(18)29-24/h2-6,8-9,12-14,29H,7,10-11H2,1H3,(H2,28,32)(H,30,31). The van der Waals surface area contributed by atoms with Crippen LogP contribution in [0.3, 0.4) is 0 Å². The molecule has 0 aliphatic heterocycles. The van der Waals surface area contributed by atoms with Gasteiger partial charge in [-0.05, 0) is 69.4 Å². The average molecular weight is 507 g/mol. The summed E-state index contributed by atoms with van der Waals surface area (Å²) in [6.45, 7) is 0. The van der Waals surface area contributed by atoms with E-state index < -0.39 is 11.9 Å². The van der Waals surface area contributed by atoms with Crippen LogP contribution in [0.1, 0.15) is 33.5 Å². The van der Waals surface area contributed by atoms with E-state index in [1.54, 1.807) is 13.2 Å². The maximum atomic E-state index is 11.8. The number of carboxylic acids is 1. The Bertz CT molecular complexity index is 1350. The molecule has 0 fully saturated rings. The number of ether oxygens (including phenoxy) is 1. The van der Waals surface area contributed by atoms with Crippen molar-refractivity contribution in [1.82, 2.24) is 4.98 Å². The number of rotatable bonds is 8. The average Bonchev–Trinajstić information content (AvgIpc) is 3.15. The number of methoxy groups -OCH3 is 1. The summed E-state index contributed by atoms with van der Waals surface area (Å²) in [6, 6.07) is 19.3. The monoisotopic (exact) mass is 506 g/mol. The van der Waals surface area contributed by atoms with E-state index in [0.717, 1.165) is 43.3 Å². The van der Waals surface area contributed by atoms with Crippen LogP contribution < -0.4 is 10.5 Å². The third kappa shape index (κ3) is 4.78. The van der Waals surface area contributed by atoms with Crippen LogP contribution in [0.2, 0.25) is 0 Å². The van der Waals surface area contributed by atoms with Crippen LogP contribution in [0.15, 0.2) is 65.1 Å². The Balaban J connectivity index is 1.95. The predicted octanol–water partition coefficient (Wildman–Crippen LogP) is 5.31. The first-order valence-electron chi connectivity index (χ1n) is 10.4. The minimum Gasteiger partial charge on any atom is -0.495 e. The number of fused-ring (bicyclic) bond motifs is 1. The van der Waals surface area contributed by atoms with Gasteiger partial charge < -0.3 is 20.6 Å². The Hall–Kier alpha value is -3.58. The molecule has 0 bridgehead atoms. The van der Waals surface area contributed by atoms with E-state index in [1.807, 2.05) is 42.5 Å². The lowest BCUT2D eigenvalue weighted by atomic mass is 9.96. The highest BCUT2D eigenvalue weighted by Crippen LogP contribution is 2.41. The molecule has 7 heteroatoms. The van der Waals surface area contributed by atoms with Gasteiger partial charge in [0, 0.05) is 34.9 Å². The molecule has 0 atom stereocenters. The van der Waals surface area contributed by atoms with Crippen molar-refractivity contribution in [3.63, 3.8) is 0 Å². The largest absolute Gasteiger partial charge is 0.495 e. The summed E-state index contributed by atoms with van der Waals surface area (Å²) >= 11 is 3.58. The third-order valence-corrected chi connectivity index (χ3v) is 6.21. The quantitative estimate of drug-likeness (QED) is 0.301. The first-order chi connectivity index (χ1) is 15.9. The predicted molar refractivity (Wildman–Crippen MR) is 132 cm³/mol. The van der Waals surface area contributed by atoms with E-state index in [4.69, 9.17) is 15.6 Å². The van der Waals surface area contributed by atoms with Crippen LogP contribution in [-0.2, 0) is 17.6 Å². The number of amides is 1. The summed E-state index contributed by atoms with van der Waals surface area (Å²) in [5, 5.41) is 10.0. The van der Waals surface area contributed by atoms with Crippen LogP contribution in [-0.4, -0.2) is 29.1 Å². The maximum Gasteiger partial charge on any atom is 0.303 e. The van der Waals surface area contributed by atoms with Gasteiger partial charge in [0.25, 0.3) is 0 Å². The normalized spacial score (nSPS) is 11.0. The fraction of sp³-hybridized carbons (Fsp3) is 0.154. The van der Waals surface area contributed by atoms with Gasteiger partial charge in [-0.25, -0.2) is 0 Å². The highest BCUT2D eigenvalue weighted by atomic mass is 79.9. The van der Waals surface area contributed by atoms with Gasteiger partial charge in [0.2, 0.25) is 5.91 Å². The van der Waals surface area contributed by atoms with Gasteiger partial charge in [-0.1, -0.05) is 30.3 Å². The van der Waals surface area contributed by atoms with Gasteiger partial charge in [0.1, 0.15) is 5.75 Å². The number of carboxylic acid groups (broad SMARTS) is 1. The molecule has 3 aromatic carbocycles. The molecular weight excluding hydrogens is 484 g/mol. The Kier molecular flexibility index (Phi) is 6.51. The van der Waals surface area contributed by atoms with Gasteiger partial charge in [-0.3, -0.25) is 9.59 Å². The lowest BCUT2D eigenvalue weighted by Gasteiger charge is -2.14. The van der Waals surface area contributed by atoms with Crippen molar-refractivity contribution in [2.75, 3.05) is 7.11 Å². The minimum absolute atomic E-state index is 0.0315. The molecule has 33 heavy (non-hydrogen) atoms. The maximum absolute atomic E-state index is 11.8. The molecule has 0 radical (unpaired) electrons. The number of benzene rings is 3. The van der Waals surface area contributed by atoms with Crippen molar-refractivity contribution < 1.29 is 19.4 Å². The number of nitrogens with one attached hydrogen (secondary N) is 1. The molecule has 0 saturated heterocycles. The van der Waals surface area contributed by atoms with Gasteiger partial charge >= 0.3 is 5.97 Å². The summed E-state index contributed by atoms with van der Waals surface area (Å²) in [6.07, 6.45) is 1.05. The van der Waals surface area contributed by atoms with Crippen molar-refractivity contribution >= 4 is 38.7 Å². The SMILES string of the molecule is COc1c(Br)cc(CCC(=O)O)cc1-c1[nH]c2ccc(C(N)=O)cc2c1Cc1ccccc1. The Morgan fingerprint density at radius 1 is 1.06 bits per heavy atom. The molecule has 4 rings (SSSR count). The number of nitrogens with two attached hydrogens (primary N) is 1. The van der Waals surface area contributed by atoms with E-state index in [0.29, 0.717) is 24.2 Å². The van der Waals surface area contributed by atoms with Crippen LogP contribution in [0.4, 0.5) is 0 Å². The second-order valence-electron chi connectivity index (χ2n) is 7.82. The summed E-state index contributed by atoms with van der Waals surface area (Å²) in [5.74, 6) is -0.691. The molecule has 0 aliphatic rings. The first-order valence-corrected chi connectivity index (χ1v) is 11.2. The fourth-order valence-electron chi connectivity index (χ4n) is 4.05. The molecule has 0 saturated carbocycles. The number of aliphatic carboxylic acids is 1. The van der Waals surface area contributed by atoms with E-state index in [9.17, 15) is 9.59 Å². The molecule has 1 amide bonds. The van der Waals surface area contributed by atoms with Crippen molar-refractivity contribution in [3.05, 3.63) is 87.4 Å². The molecule has 0 unspecified atom stereocenters. The first kappa shape index (κ1) is 22.6. The molecule has 0 aliphatic carbocycles. The van der Waals surface area contributed by atoms with Gasteiger partial charge in [-0.2, -0.15) is 0 Å². The topological polar surface area (TPSA) is 105 Å². The summed E-state index contributed by atoms with van der Waals surface area (Å²) in [4.78, 5) is 26.5. The Morgan fingerprint density at radius 2 is 1.82 bits per heavy atom. The van der Waals surface area contributed by atoms with E-state index in [-0.39, 0.29) is 6.42 Å². The zero-order valence-electron chi connectivity index (χ0n) is 18.0. The molecule has 0 spiro atoms. The second kappa shape index (κ2) is 9.50. The number of halogens is 1. The number of hydrogen-bond acceptors (Lipinski definition) is 3. The summed E-state index contributed by atoms with van der Waals surface area (Å²) in [5.41, 5.74) is 11.5. The van der Waals surface area contributed by atoms with Gasteiger partial charge in [0.05, 0.1) is 17.3 Å². The number of aromatic nitrogens is 1. The Labute approximate surface area is 199 Å². The molecule has 6 nitrogen and oxygen atoms in total. The molecule has 1 heterocycles. The van der Waals surface area contributed by atoms with Crippen LogP contribution in [0.25, 0.3) is 22.2 Å². The van der Waals surface area contributed by atoms with E-state index in [1.165, 1.54) is 0 Å². The number of aryl methyl sites for hydroxylation is 1. The lowest BCUT2D eigenvalue weighted by Crippen LogP contribution is -2.10. The number of carbonyl (C=O) groups excluding carboxylic acids is 1. The van der Waals surface area contributed by atoms with Crippen LogP contribution in [0.5, 0.6) is 5.75 Å². The molecule has 1 aromatic heterocycles. The number of H-pyrrole nitrogens is 1. The zero-order chi connectivity index (χ0) is 23.5. The van der Waals surface area contributed by atoms with Gasteiger partial charge in [0.15, 0.2) is 0 Å². The molecule has 4 aromatic rings.